The first kappa shape index (κ1) is 103. The van der Waals surface area contributed by atoms with Crippen molar-refractivity contribution in [3.8, 4) is 0 Å². The molecule has 1 saturated heterocycles. The van der Waals surface area contributed by atoms with Gasteiger partial charge in [-0.3, -0.25) is 67.5 Å². The van der Waals surface area contributed by atoms with Crippen molar-refractivity contribution < 1.29 is 96.1 Å². The van der Waals surface area contributed by atoms with Crippen LogP contribution in [0.3, 0.4) is 0 Å². The SMILES string of the molecule is CC(C)CC(=O)N[C@H](C(=O)N[C@H](C(=O)N[C@@H](CC(C)C)[C@@H](O)CC(=O)N[C@@H](C)C(=O)N[C@@H](CC(C)C)[C@@H](O)CC(=O)NCCOCCOCCNC(=O)CN1CCN(CC(=O)NCCOCCOCCN)CCN(CC(=O)NCCOCCOCCN)CCN(CC(=O)NCCOCCOCCN)CC1)C(C)C)C(C)C. The van der Waals surface area contributed by atoms with Crippen molar-refractivity contribution in [3.05, 3.63) is 0 Å². The van der Waals surface area contributed by atoms with E-state index in [1.165, 1.54) is 6.92 Å². The Kier molecular flexibility index (Phi) is 59.7. The molecule has 1 aliphatic heterocycles. The summed E-state index contributed by atoms with van der Waals surface area (Å²) in [4.78, 5) is 142. The minimum atomic E-state index is -1.39. The van der Waals surface area contributed by atoms with Gasteiger partial charge in [-0.2, -0.15) is 0 Å². The maximum atomic E-state index is 13.8. The monoisotopic (exact) mass is 1590 g/mol. The van der Waals surface area contributed by atoms with Gasteiger partial charge in [0.05, 0.1) is 169 Å². The van der Waals surface area contributed by atoms with E-state index in [4.69, 9.17) is 55.1 Å². The molecule has 10 amide bonds. The van der Waals surface area contributed by atoms with Gasteiger partial charge in [-0.05, 0) is 49.4 Å². The summed E-state index contributed by atoms with van der Waals surface area (Å²) in [6.07, 6.45) is -2.74. The third-order valence-electron chi connectivity index (χ3n) is 17.2. The minimum Gasteiger partial charge on any atom is -0.390 e. The molecule has 7 atom stereocenters. The molecule has 1 aliphatic rings. The number of amides is 10. The number of carbonyl (C=O) groups is 10. The zero-order valence-electron chi connectivity index (χ0n) is 68.7. The smallest absolute Gasteiger partial charge is 0.243 e. The predicted molar refractivity (Wildman–Crippen MR) is 419 cm³/mol. The number of rotatable bonds is 63. The van der Waals surface area contributed by atoms with Crippen molar-refractivity contribution in [1.29, 1.82) is 0 Å². The maximum absolute atomic E-state index is 13.8. The van der Waals surface area contributed by atoms with Crippen LogP contribution in [0.1, 0.15) is 108 Å². The van der Waals surface area contributed by atoms with Crippen molar-refractivity contribution in [3.63, 3.8) is 0 Å². The number of hydrogen-bond donors (Lipinski definition) is 15. The van der Waals surface area contributed by atoms with Crippen LogP contribution in [0.4, 0.5) is 0 Å². The molecular weight excluding hydrogens is 1450 g/mol. The molecule has 0 spiro atoms. The Morgan fingerprint density at radius 2 is 0.568 bits per heavy atom. The molecule has 0 saturated carbocycles. The van der Waals surface area contributed by atoms with Crippen molar-refractivity contribution in [1.82, 2.24) is 72.8 Å². The highest BCUT2D eigenvalue weighted by Gasteiger charge is 2.35. The van der Waals surface area contributed by atoms with Gasteiger partial charge in [-0.25, -0.2) is 0 Å². The summed E-state index contributed by atoms with van der Waals surface area (Å²) in [6.45, 7) is 30.4. The molecule has 0 bridgehead atoms. The number of hydrogen-bond acceptors (Lipinski definition) is 27. The van der Waals surface area contributed by atoms with Crippen LogP contribution in [0.2, 0.25) is 0 Å². The standard InChI is InChI=1S/C74H145N17O20/c1-53(2)44-59(84-72(101)58(11)83-65(96)48-62(93)60(45-54(3)4)85-73(102)71(57(9)10)87-74(103)70(56(7)8)86-64(95)46-55(5)6)61(92)47-63(94)78-15-31-107-42-43-111-35-19-82-69(100)52-91-26-24-89(50-67(98)80-17-33-109-40-37-105-29-13-76)22-20-88(49-66(97)79-16-32-108-39-36-104-28-12-75)21-23-90(25-27-91)51-68(99)81-18-34-110-41-38-106-30-14-77/h53-62,70-71,92-93H,12-52,75-77H2,1-11H3,(H,78,94)(H,79,97)(H,80,98)(H,81,99)(H,82,100)(H,83,96)(H,84,101)(H,85,102)(H,86,95)(H,87,103)/t58-,59-,60-,61-,62-,70-,71-/m0/s1. The molecule has 0 unspecified atom stereocenters. The van der Waals surface area contributed by atoms with Crippen LogP contribution in [0.25, 0.3) is 0 Å². The fourth-order valence-electron chi connectivity index (χ4n) is 11.3. The van der Waals surface area contributed by atoms with Gasteiger partial charge in [0.2, 0.25) is 59.1 Å². The van der Waals surface area contributed by atoms with Crippen LogP contribution in [0.15, 0.2) is 0 Å². The summed E-state index contributed by atoms with van der Waals surface area (Å²) in [5.74, 6) is -4.80. The van der Waals surface area contributed by atoms with Gasteiger partial charge in [0.1, 0.15) is 18.1 Å². The first-order valence-corrected chi connectivity index (χ1v) is 39.8. The number of nitrogens with two attached hydrogens (primary N) is 3. The highest BCUT2D eigenvalue weighted by Crippen LogP contribution is 2.16. The Hall–Kier alpha value is -5.98. The second-order valence-corrected chi connectivity index (χ2v) is 29.6. The van der Waals surface area contributed by atoms with E-state index in [1.807, 2.05) is 61.1 Å². The lowest BCUT2D eigenvalue weighted by molar-refractivity contribution is -0.134. The van der Waals surface area contributed by atoms with E-state index in [1.54, 1.807) is 27.7 Å². The Bertz CT molecular complexity index is 2500. The van der Waals surface area contributed by atoms with Gasteiger partial charge in [0.15, 0.2) is 0 Å². The summed E-state index contributed by atoms with van der Waals surface area (Å²) in [5, 5.41) is 50.8. The Morgan fingerprint density at radius 1 is 0.306 bits per heavy atom. The van der Waals surface area contributed by atoms with Crippen LogP contribution in [-0.2, 0) is 85.8 Å². The lowest BCUT2D eigenvalue weighted by atomic mass is 9.95. The van der Waals surface area contributed by atoms with Gasteiger partial charge in [0.25, 0.3) is 0 Å². The zero-order valence-corrected chi connectivity index (χ0v) is 68.7. The molecule has 1 fully saturated rings. The fourth-order valence-corrected chi connectivity index (χ4v) is 11.3. The molecule has 1 rings (SSSR count). The minimum absolute atomic E-state index is 0.00132. The third-order valence-corrected chi connectivity index (χ3v) is 17.2. The van der Waals surface area contributed by atoms with Crippen molar-refractivity contribution in [2.75, 3.05) is 237 Å². The van der Waals surface area contributed by atoms with E-state index in [-0.39, 0.29) is 178 Å². The number of aliphatic hydroxyl groups is 2. The van der Waals surface area contributed by atoms with Gasteiger partial charge in [-0.15, -0.1) is 0 Å². The molecule has 0 aromatic rings. The normalized spacial score (nSPS) is 15.7. The lowest BCUT2D eigenvalue weighted by Gasteiger charge is -2.33. The van der Waals surface area contributed by atoms with E-state index in [0.717, 1.165) is 0 Å². The topological polar surface area (TPSA) is 496 Å². The highest BCUT2D eigenvalue weighted by atomic mass is 16.5. The number of carbonyl (C=O) groups excluding carboxylic acids is 10. The van der Waals surface area contributed by atoms with Crippen molar-refractivity contribution in [2.24, 2.45) is 46.8 Å². The fraction of sp³-hybridized carbons (Fsp3) is 0.865. The van der Waals surface area contributed by atoms with Crippen LogP contribution in [0, 0.1) is 29.6 Å². The Balaban J connectivity index is 2.91. The molecule has 1 heterocycles. The molecular formula is C74H145N17O20. The first-order valence-electron chi connectivity index (χ1n) is 39.8. The number of nitrogens with one attached hydrogen (secondary N) is 10. The van der Waals surface area contributed by atoms with Gasteiger partial charge >= 0.3 is 0 Å². The predicted octanol–water partition coefficient (Wildman–Crippen LogP) is -4.81. The molecule has 0 radical (unpaired) electrons. The summed E-state index contributed by atoms with van der Waals surface area (Å²) in [5.41, 5.74) is 16.5. The van der Waals surface area contributed by atoms with Gasteiger partial charge in [0, 0.05) is 111 Å². The maximum Gasteiger partial charge on any atom is 0.243 e. The third kappa shape index (κ3) is 54.4. The zero-order chi connectivity index (χ0) is 82.7. The van der Waals surface area contributed by atoms with E-state index in [9.17, 15) is 58.2 Å². The molecule has 37 heteroatoms. The number of aliphatic hydroxyl groups excluding tert-OH is 2. The van der Waals surface area contributed by atoms with Crippen molar-refractivity contribution >= 4 is 59.1 Å². The largest absolute Gasteiger partial charge is 0.390 e. The van der Waals surface area contributed by atoms with Crippen LogP contribution in [0.5, 0.6) is 0 Å². The average molecular weight is 1590 g/mol. The van der Waals surface area contributed by atoms with Gasteiger partial charge in [-0.1, -0.05) is 69.2 Å². The molecule has 0 aromatic heterocycles. The second kappa shape index (κ2) is 64.3. The molecule has 0 aromatic carbocycles. The molecule has 646 valence electrons. The van der Waals surface area contributed by atoms with Crippen LogP contribution in [-0.4, -0.2) is 368 Å². The molecule has 37 nitrogen and oxygen atoms in total. The van der Waals surface area contributed by atoms with E-state index < -0.39 is 84.3 Å². The van der Waals surface area contributed by atoms with Crippen LogP contribution < -0.4 is 70.4 Å². The van der Waals surface area contributed by atoms with E-state index in [0.29, 0.717) is 138 Å². The summed E-state index contributed by atoms with van der Waals surface area (Å²) < 4.78 is 44.2. The highest BCUT2D eigenvalue weighted by molar-refractivity contribution is 5.93. The Morgan fingerprint density at radius 3 is 0.856 bits per heavy atom. The van der Waals surface area contributed by atoms with Crippen LogP contribution >= 0.6 is 0 Å². The average Bonchev–Trinajstić information content (AvgIpc) is 0.855. The molecule has 0 aliphatic carbocycles. The Labute approximate surface area is 659 Å². The summed E-state index contributed by atoms with van der Waals surface area (Å²) >= 11 is 0. The molecule has 111 heavy (non-hydrogen) atoms. The quantitative estimate of drug-likeness (QED) is 0.0254. The second-order valence-electron chi connectivity index (χ2n) is 29.6. The number of ether oxygens (including phenoxy) is 8. The lowest BCUT2D eigenvalue weighted by Crippen LogP contribution is -2.59. The summed E-state index contributed by atoms with van der Waals surface area (Å²) in [6, 6.07) is -4.85. The first-order chi connectivity index (χ1) is 53.0. The van der Waals surface area contributed by atoms with E-state index >= 15 is 0 Å². The van der Waals surface area contributed by atoms with Gasteiger partial charge < -0.3 is 118 Å². The summed E-state index contributed by atoms with van der Waals surface area (Å²) in [7, 11) is 0. The number of nitrogens with zero attached hydrogens (tertiary/aromatic N) is 4. The van der Waals surface area contributed by atoms with E-state index in [2.05, 4.69) is 53.2 Å². The van der Waals surface area contributed by atoms with Crippen molar-refractivity contribution in [2.45, 2.75) is 151 Å². The molecule has 18 N–H and O–H groups in total.